The van der Waals surface area contributed by atoms with Crippen LogP contribution in [-0.4, -0.2) is 19.1 Å². The van der Waals surface area contributed by atoms with Crippen molar-refractivity contribution in [3.8, 4) is 5.75 Å². The summed E-state index contributed by atoms with van der Waals surface area (Å²) < 4.78 is 16.8. The Labute approximate surface area is 92.4 Å². The Bertz CT molecular complexity index is 395. The molecule has 0 aliphatic heterocycles. The van der Waals surface area contributed by atoms with Crippen molar-refractivity contribution in [3.05, 3.63) is 23.3 Å². The standard InChI is InChI=1S/C11H12FNO3/c1-7-3-9(13-10(15)5-12)4-8(2)11(7)16-6-14/h3-4,6H,5H2,1-2H3,(H,13,15). The first-order chi connectivity index (χ1) is 7.58. The molecule has 16 heavy (non-hydrogen) atoms. The summed E-state index contributed by atoms with van der Waals surface area (Å²) >= 11 is 0. The van der Waals surface area contributed by atoms with Crippen LogP contribution in [0, 0.1) is 13.8 Å². The number of benzene rings is 1. The molecule has 0 unspecified atom stereocenters. The van der Waals surface area contributed by atoms with E-state index in [2.05, 4.69) is 5.32 Å². The molecule has 1 amide bonds. The Kier molecular flexibility index (Phi) is 3.99. The predicted molar refractivity (Wildman–Crippen MR) is 57.2 cm³/mol. The second-order valence-corrected chi connectivity index (χ2v) is 3.34. The van der Waals surface area contributed by atoms with Crippen LogP contribution >= 0.6 is 0 Å². The molecule has 0 radical (unpaired) electrons. The van der Waals surface area contributed by atoms with Crippen LogP contribution in [0.1, 0.15) is 11.1 Å². The van der Waals surface area contributed by atoms with Crippen LogP contribution in [0.2, 0.25) is 0 Å². The molecule has 0 saturated heterocycles. The topological polar surface area (TPSA) is 55.4 Å². The maximum atomic E-state index is 12.0. The van der Waals surface area contributed by atoms with Crippen molar-refractivity contribution in [2.75, 3.05) is 12.0 Å². The van der Waals surface area contributed by atoms with Gasteiger partial charge in [-0.3, -0.25) is 9.59 Å². The first-order valence-electron chi connectivity index (χ1n) is 4.66. The van der Waals surface area contributed by atoms with Gasteiger partial charge in [0, 0.05) is 5.69 Å². The van der Waals surface area contributed by atoms with E-state index in [0.29, 0.717) is 29.0 Å². The zero-order chi connectivity index (χ0) is 12.1. The number of aryl methyl sites for hydroxylation is 2. The fourth-order valence-corrected chi connectivity index (χ4v) is 1.45. The Balaban J connectivity index is 2.99. The van der Waals surface area contributed by atoms with Crippen LogP contribution in [0.4, 0.5) is 10.1 Å². The monoisotopic (exact) mass is 225 g/mol. The van der Waals surface area contributed by atoms with Crippen LogP contribution in [0.25, 0.3) is 0 Å². The number of nitrogens with one attached hydrogen (secondary N) is 1. The molecular formula is C11H12FNO3. The summed E-state index contributed by atoms with van der Waals surface area (Å²) in [6.45, 7) is 2.74. The molecule has 0 atom stereocenters. The van der Waals surface area contributed by atoms with E-state index in [1.54, 1.807) is 26.0 Å². The third kappa shape index (κ3) is 2.79. The predicted octanol–water partition coefficient (Wildman–Crippen LogP) is 1.75. The molecular weight excluding hydrogens is 213 g/mol. The molecule has 86 valence electrons. The SMILES string of the molecule is Cc1cc(NC(=O)CF)cc(C)c1OC=O. The van der Waals surface area contributed by atoms with Gasteiger partial charge in [-0.05, 0) is 37.1 Å². The third-order valence-electron chi connectivity index (χ3n) is 2.03. The van der Waals surface area contributed by atoms with E-state index >= 15 is 0 Å². The molecule has 1 N–H and O–H groups in total. The summed E-state index contributed by atoms with van der Waals surface area (Å²) in [5.41, 5.74) is 1.87. The average molecular weight is 225 g/mol. The molecule has 1 rings (SSSR count). The fraction of sp³-hybridized carbons (Fsp3) is 0.273. The van der Waals surface area contributed by atoms with Gasteiger partial charge in [-0.1, -0.05) is 0 Å². The van der Waals surface area contributed by atoms with Crippen LogP contribution in [0.15, 0.2) is 12.1 Å². The summed E-state index contributed by atoms with van der Waals surface area (Å²) in [7, 11) is 0. The molecule has 4 nitrogen and oxygen atoms in total. The normalized spacial score (nSPS) is 9.69. The minimum Gasteiger partial charge on any atom is -0.428 e. The van der Waals surface area contributed by atoms with Crippen molar-refractivity contribution in [1.82, 2.24) is 0 Å². The third-order valence-corrected chi connectivity index (χ3v) is 2.03. The minimum absolute atomic E-state index is 0.342. The minimum atomic E-state index is -1.06. The highest BCUT2D eigenvalue weighted by Crippen LogP contribution is 2.26. The van der Waals surface area contributed by atoms with Gasteiger partial charge in [0.15, 0.2) is 6.67 Å². The van der Waals surface area contributed by atoms with Crippen molar-refractivity contribution in [3.63, 3.8) is 0 Å². The summed E-state index contributed by atoms with van der Waals surface area (Å²) in [6.07, 6.45) is 0. The molecule has 5 heteroatoms. The van der Waals surface area contributed by atoms with Gasteiger partial charge >= 0.3 is 0 Å². The van der Waals surface area contributed by atoms with E-state index in [1.165, 1.54) is 0 Å². The zero-order valence-electron chi connectivity index (χ0n) is 9.04. The second-order valence-electron chi connectivity index (χ2n) is 3.34. The van der Waals surface area contributed by atoms with E-state index in [0.717, 1.165) is 0 Å². The lowest BCUT2D eigenvalue weighted by atomic mass is 10.1. The number of amides is 1. The lowest BCUT2D eigenvalue weighted by Gasteiger charge is -2.10. The molecule has 0 aliphatic rings. The van der Waals surface area contributed by atoms with Crippen LogP contribution in [0.3, 0.4) is 0 Å². The number of ether oxygens (including phenoxy) is 1. The fourth-order valence-electron chi connectivity index (χ4n) is 1.45. The number of carbonyl (C=O) groups is 2. The van der Waals surface area contributed by atoms with Gasteiger partial charge < -0.3 is 10.1 Å². The molecule has 0 aliphatic carbocycles. The highest BCUT2D eigenvalue weighted by atomic mass is 19.1. The van der Waals surface area contributed by atoms with E-state index in [1.807, 2.05) is 0 Å². The maximum Gasteiger partial charge on any atom is 0.298 e. The zero-order valence-corrected chi connectivity index (χ0v) is 9.04. The van der Waals surface area contributed by atoms with Crippen molar-refractivity contribution in [2.45, 2.75) is 13.8 Å². The highest BCUT2D eigenvalue weighted by molar-refractivity contribution is 5.92. The van der Waals surface area contributed by atoms with Crippen molar-refractivity contribution in [2.24, 2.45) is 0 Å². The lowest BCUT2D eigenvalue weighted by Crippen LogP contribution is -2.13. The molecule has 0 spiro atoms. The van der Waals surface area contributed by atoms with Gasteiger partial charge in [0.05, 0.1) is 0 Å². The number of alkyl halides is 1. The number of rotatable bonds is 4. The largest absolute Gasteiger partial charge is 0.428 e. The molecule has 1 aromatic rings. The smallest absolute Gasteiger partial charge is 0.298 e. The van der Waals surface area contributed by atoms with Crippen molar-refractivity contribution < 1.29 is 18.7 Å². The van der Waals surface area contributed by atoms with E-state index in [4.69, 9.17) is 4.74 Å². The van der Waals surface area contributed by atoms with E-state index in [9.17, 15) is 14.0 Å². The molecule has 0 aromatic heterocycles. The van der Waals surface area contributed by atoms with E-state index < -0.39 is 12.6 Å². The quantitative estimate of drug-likeness (QED) is 0.794. The Hall–Kier alpha value is -1.91. The lowest BCUT2D eigenvalue weighted by molar-refractivity contribution is -0.121. The molecule has 0 fully saturated rings. The van der Waals surface area contributed by atoms with Gasteiger partial charge in [0.25, 0.3) is 12.4 Å². The van der Waals surface area contributed by atoms with E-state index in [-0.39, 0.29) is 0 Å². The van der Waals surface area contributed by atoms with Crippen molar-refractivity contribution in [1.29, 1.82) is 0 Å². The van der Waals surface area contributed by atoms with Crippen molar-refractivity contribution >= 4 is 18.1 Å². The highest BCUT2D eigenvalue weighted by Gasteiger charge is 2.08. The maximum absolute atomic E-state index is 12.0. The van der Waals surface area contributed by atoms with Gasteiger partial charge in [-0.2, -0.15) is 0 Å². The summed E-state index contributed by atoms with van der Waals surface area (Å²) in [5.74, 6) is -0.254. The summed E-state index contributed by atoms with van der Waals surface area (Å²) in [4.78, 5) is 21.1. The van der Waals surface area contributed by atoms with Gasteiger partial charge in [0.1, 0.15) is 5.75 Å². The first kappa shape index (κ1) is 12.2. The van der Waals surface area contributed by atoms with Crippen LogP contribution in [-0.2, 0) is 9.59 Å². The first-order valence-corrected chi connectivity index (χ1v) is 4.66. The number of hydrogen-bond acceptors (Lipinski definition) is 3. The van der Waals surface area contributed by atoms with Gasteiger partial charge in [0.2, 0.25) is 0 Å². The second kappa shape index (κ2) is 5.25. The van der Waals surface area contributed by atoms with Gasteiger partial charge in [-0.15, -0.1) is 0 Å². The Morgan fingerprint density at radius 1 is 1.44 bits per heavy atom. The molecule has 0 bridgehead atoms. The molecule has 0 saturated carbocycles. The number of halogens is 1. The summed E-state index contributed by atoms with van der Waals surface area (Å²) in [5, 5.41) is 2.38. The Morgan fingerprint density at radius 3 is 2.44 bits per heavy atom. The van der Waals surface area contributed by atoms with Crippen LogP contribution < -0.4 is 10.1 Å². The Morgan fingerprint density at radius 2 is 2.00 bits per heavy atom. The van der Waals surface area contributed by atoms with Gasteiger partial charge in [-0.25, -0.2) is 4.39 Å². The molecule has 1 aromatic carbocycles. The number of anilines is 1. The average Bonchev–Trinajstić information content (AvgIpc) is 2.23. The molecule has 0 heterocycles. The number of carbonyl (C=O) groups excluding carboxylic acids is 2. The van der Waals surface area contributed by atoms with Crippen LogP contribution in [0.5, 0.6) is 5.75 Å². The summed E-state index contributed by atoms with van der Waals surface area (Å²) in [6, 6.07) is 3.22. The number of hydrogen-bond donors (Lipinski definition) is 1.